The van der Waals surface area contributed by atoms with Crippen molar-refractivity contribution in [1.82, 2.24) is 10.2 Å². The zero-order chi connectivity index (χ0) is 15.1. The fourth-order valence-electron chi connectivity index (χ4n) is 1.57. The Morgan fingerprint density at radius 2 is 1.71 bits per heavy atom. The number of benzene rings is 1. The minimum Gasteiger partial charge on any atom is -0.471 e. The topological polar surface area (TPSA) is 53.5 Å². The predicted octanol–water partition coefficient (Wildman–Crippen LogP) is 3.73. The molecule has 1 aromatic carbocycles. The number of hydrogen-bond donors (Lipinski definition) is 0. The quantitative estimate of drug-likeness (QED) is 0.780. The van der Waals surface area contributed by atoms with Gasteiger partial charge in [-0.25, -0.2) is 0 Å². The molecule has 0 aliphatic carbocycles. The lowest BCUT2D eigenvalue weighted by Crippen LogP contribution is -2.19. The Hall–Kier alpha value is -1.85. The average molecular weight is 309 g/mol. The second-order valence-electron chi connectivity index (χ2n) is 4.35. The molecule has 0 saturated carbocycles. The Morgan fingerprint density at radius 1 is 1.05 bits per heavy atom. The second kappa shape index (κ2) is 7.81. The van der Waals surface area contributed by atoms with E-state index in [0.29, 0.717) is 35.7 Å². The summed E-state index contributed by atoms with van der Waals surface area (Å²) in [7, 11) is 0. The third-order valence-electron chi connectivity index (χ3n) is 2.53. The van der Waals surface area contributed by atoms with Crippen LogP contribution in [0.5, 0.6) is 17.5 Å². The maximum atomic E-state index is 5.81. The van der Waals surface area contributed by atoms with Gasteiger partial charge in [-0.3, -0.25) is 0 Å². The van der Waals surface area contributed by atoms with Crippen LogP contribution in [-0.4, -0.2) is 29.5 Å². The summed E-state index contributed by atoms with van der Waals surface area (Å²) in [6.45, 7) is 5.03. The van der Waals surface area contributed by atoms with Crippen molar-refractivity contribution < 1.29 is 14.2 Å². The van der Waals surface area contributed by atoms with Crippen molar-refractivity contribution in [3.05, 3.63) is 41.4 Å². The van der Waals surface area contributed by atoms with Gasteiger partial charge in [0, 0.05) is 23.8 Å². The van der Waals surface area contributed by atoms with Crippen LogP contribution in [0.25, 0.3) is 0 Å². The number of hydrogen-bond acceptors (Lipinski definition) is 5. The molecule has 112 valence electrons. The Bertz CT molecular complexity index is 546. The highest BCUT2D eigenvalue weighted by Crippen LogP contribution is 2.21. The van der Waals surface area contributed by atoms with E-state index in [-0.39, 0.29) is 6.10 Å². The first-order chi connectivity index (χ1) is 10.2. The van der Waals surface area contributed by atoms with Gasteiger partial charge in [0.25, 0.3) is 0 Å². The van der Waals surface area contributed by atoms with Gasteiger partial charge < -0.3 is 14.2 Å². The van der Waals surface area contributed by atoms with Gasteiger partial charge in [-0.15, -0.1) is 10.2 Å². The summed E-state index contributed by atoms with van der Waals surface area (Å²) in [5, 5.41) is 8.57. The molecule has 0 spiro atoms. The van der Waals surface area contributed by atoms with E-state index in [1.165, 1.54) is 0 Å². The molecule has 2 rings (SSSR count). The van der Waals surface area contributed by atoms with E-state index >= 15 is 0 Å². The van der Waals surface area contributed by atoms with E-state index < -0.39 is 0 Å². The average Bonchev–Trinajstić information content (AvgIpc) is 2.49. The van der Waals surface area contributed by atoms with Gasteiger partial charge in [-0.2, -0.15) is 0 Å². The summed E-state index contributed by atoms with van der Waals surface area (Å²) < 4.78 is 16.4. The molecule has 1 atom stereocenters. The number of ether oxygens (including phenoxy) is 3. The Kier molecular flexibility index (Phi) is 5.78. The second-order valence-corrected chi connectivity index (χ2v) is 4.79. The van der Waals surface area contributed by atoms with Crippen LogP contribution < -0.4 is 9.47 Å². The lowest BCUT2D eigenvalue weighted by Gasteiger charge is -2.13. The van der Waals surface area contributed by atoms with Crippen molar-refractivity contribution in [3.63, 3.8) is 0 Å². The van der Waals surface area contributed by atoms with Gasteiger partial charge in [0.05, 0.1) is 6.61 Å². The van der Waals surface area contributed by atoms with Crippen molar-refractivity contribution in [3.8, 4) is 17.5 Å². The van der Waals surface area contributed by atoms with E-state index in [9.17, 15) is 0 Å². The molecule has 0 aliphatic heterocycles. The van der Waals surface area contributed by atoms with Gasteiger partial charge in [0.15, 0.2) is 0 Å². The van der Waals surface area contributed by atoms with Crippen LogP contribution >= 0.6 is 11.6 Å². The molecule has 1 heterocycles. The number of rotatable bonds is 7. The normalized spacial score (nSPS) is 12.0. The first-order valence-electron chi connectivity index (χ1n) is 6.69. The maximum Gasteiger partial charge on any atom is 0.239 e. The van der Waals surface area contributed by atoms with Gasteiger partial charge >= 0.3 is 0 Å². The monoisotopic (exact) mass is 308 g/mol. The molecular weight excluding hydrogens is 292 g/mol. The zero-order valence-electron chi connectivity index (χ0n) is 12.0. The zero-order valence-corrected chi connectivity index (χ0v) is 12.7. The van der Waals surface area contributed by atoms with Gasteiger partial charge in [-0.1, -0.05) is 11.6 Å². The molecule has 1 unspecified atom stereocenters. The highest BCUT2D eigenvalue weighted by molar-refractivity contribution is 6.30. The van der Waals surface area contributed by atoms with Crippen LogP contribution in [0.2, 0.25) is 5.02 Å². The Morgan fingerprint density at radius 3 is 2.33 bits per heavy atom. The molecule has 5 nitrogen and oxygen atoms in total. The summed E-state index contributed by atoms with van der Waals surface area (Å²) in [6, 6.07) is 10.4. The smallest absolute Gasteiger partial charge is 0.239 e. The first-order valence-corrected chi connectivity index (χ1v) is 7.06. The summed E-state index contributed by atoms with van der Waals surface area (Å²) >= 11 is 5.81. The van der Waals surface area contributed by atoms with Crippen molar-refractivity contribution in [2.45, 2.75) is 20.0 Å². The molecule has 0 N–H and O–H groups in total. The van der Waals surface area contributed by atoms with Crippen LogP contribution in [0.15, 0.2) is 36.4 Å². The van der Waals surface area contributed by atoms with Crippen LogP contribution in [0, 0.1) is 0 Å². The number of nitrogens with zero attached hydrogens (tertiary/aromatic N) is 2. The van der Waals surface area contributed by atoms with E-state index in [1.54, 1.807) is 36.4 Å². The molecule has 0 bridgehead atoms. The number of aromatic nitrogens is 2. The molecule has 0 aliphatic rings. The molecule has 21 heavy (non-hydrogen) atoms. The molecule has 0 saturated heterocycles. The van der Waals surface area contributed by atoms with Gasteiger partial charge in [0.2, 0.25) is 11.8 Å². The largest absolute Gasteiger partial charge is 0.471 e. The summed E-state index contributed by atoms with van der Waals surface area (Å²) in [6.07, 6.45) is -0.0812. The highest BCUT2D eigenvalue weighted by Gasteiger charge is 2.06. The minimum absolute atomic E-state index is 0.0812. The molecule has 0 fully saturated rings. The lowest BCUT2D eigenvalue weighted by molar-refractivity contribution is 0.0627. The van der Waals surface area contributed by atoms with Gasteiger partial charge in [0.1, 0.15) is 11.9 Å². The minimum atomic E-state index is -0.0812. The number of halogens is 1. The fraction of sp³-hybridized carbons (Fsp3) is 0.333. The lowest BCUT2D eigenvalue weighted by atomic mass is 10.3. The maximum absolute atomic E-state index is 5.81. The third-order valence-corrected chi connectivity index (χ3v) is 2.78. The van der Waals surface area contributed by atoms with Crippen molar-refractivity contribution >= 4 is 11.6 Å². The third kappa shape index (κ3) is 5.21. The molecule has 0 amide bonds. The summed E-state index contributed by atoms with van der Waals surface area (Å²) in [4.78, 5) is 0. The van der Waals surface area contributed by atoms with Crippen LogP contribution in [0.3, 0.4) is 0 Å². The van der Waals surface area contributed by atoms with Crippen molar-refractivity contribution in [2.75, 3.05) is 13.2 Å². The first kappa shape index (κ1) is 15.5. The van der Waals surface area contributed by atoms with Crippen molar-refractivity contribution in [1.29, 1.82) is 0 Å². The Balaban J connectivity index is 1.91. The summed E-state index contributed by atoms with van der Waals surface area (Å²) in [5.74, 6) is 1.47. The Labute approximate surface area is 128 Å². The molecular formula is C15H17ClN2O3. The van der Waals surface area contributed by atoms with Crippen LogP contribution in [0.1, 0.15) is 13.8 Å². The highest BCUT2D eigenvalue weighted by atomic mass is 35.5. The van der Waals surface area contributed by atoms with Crippen LogP contribution in [0.4, 0.5) is 0 Å². The van der Waals surface area contributed by atoms with E-state index in [4.69, 9.17) is 25.8 Å². The van der Waals surface area contributed by atoms with Crippen molar-refractivity contribution in [2.24, 2.45) is 0 Å². The molecule has 0 radical (unpaired) electrons. The van der Waals surface area contributed by atoms with Crippen LogP contribution in [-0.2, 0) is 4.74 Å². The van der Waals surface area contributed by atoms with E-state index in [2.05, 4.69) is 10.2 Å². The fourth-order valence-corrected chi connectivity index (χ4v) is 1.70. The van der Waals surface area contributed by atoms with E-state index in [1.807, 2.05) is 13.8 Å². The predicted molar refractivity (Wildman–Crippen MR) is 80.1 cm³/mol. The molecule has 6 heteroatoms. The van der Waals surface area contributed by atoms with Gasteiger partial charge in [-0.05, 0) is 38.1 Å². The standard InChI is InChI=1S/C15H17ClN2O3/c1-3-19-10-11(2)20-14-8-9-15(18-17-14)21-13-6-4-12(16)5-7-13/h4-9,11H,3,10H2,1-2H3. The molecule has 1 aromatic heterocycles. The molecule has 2 aromatic rings. The SMILES string of the molecule is CCOCC(C)Oc1ccc(Oc2ccc(Cl)cc2)nn1. The summed E-state index contributed by atoms with van der Waals surface area (Å²) in [5.41, 5.74) is 0. The van der Waals surface area contributed by atoms with E-state index in [0.717, 1.165) is 0 Å².